The number of hydrogen-bond acceptors (Lipinski definition) is 3. The first-order valence-corrected chi connectivity index (χ1v) is 5.21. The van der Waals surface area contributed by atoms with Crippen LogP contribution in [-0.2, 0) is 11.8 Å². The molecular formula is C12H11FN2O3. The third-order valence-electron chi connectivity index (χ3n) is 2.32. The zero-order valence-electron chi connectivity index (χ0n) is 9.63. The molecule has 0 radical (unpaired) electrons. The molecule has 2 aromatic rings. The van der Waals surface area contributed by atoms with Gasteiger partial charge in [0.2, 0.25) is 5.88 Å². The summed E-state index contributed by atoms with van der Waals surface area (Å²) in [7, 11) is 1.67. The third kappa shape index (κ3) is 2.65. The van der Waals surface area contributed by atoms with Crippen LogP contribution in [-0.4, -0.2) is 27.5 Å². The van der Waals surface area contributed by atoms with Crippen molar-refractivity contribution in [1.29, 1.82) is 0 Å². The minimum absolute atomic E-state index is 0.194. The second-order valence-electron chi connectivity index (χ2n) is 3.68. The molecule has 1 heterocycles. The quantitative estimate of drug-likeness (QED) is 0.896. The van der Waals surface area contributed by atoms with Crippen LogP contribution in [0.4, 0.5) is 4.39 Å². The van der Waals surface area contributed by atoms with Gasteiger partial charge in [0.15, 0.2) is 6.61 Å². The molecule has 1 aromatic carbocycles. The minimum atomic E-state index is -1.08. The van der Waals surface area contributed by atoms with E-state index >= 15 is 0 Å². The Kier molecular flexibility index (Phi) is 3.27. The lowest BCUT2D eigenvalue weighted by molar-refractivity contribution is -0.139. The summed E-state index contributed by atoms with van der Waals surface area (Å²) in [5.74, 6) is -1.23. The molecule has 2 rings (SSSR count). The first kappa shape index (κ1) is 12.1. The summed E-state index contributed by atoms with van der Waals surface area (Å²) in [6, 6.07) is 7.62. The van der Waals surface area contributed by atoms with Crippen LogP contribution in [0.25, 0.3) is 11.3 Å². The van der Waals surface area contributed by atoms with E-state index in [1.807, 2.05) is 0 Å². The van der Waals surface area contributed by atoms with Gasteiger partial charge in [0.25, 0.3) is 0 Å². The molecule has 0 bridgehead atoms. The zero-order chi connectivity index (χ0) is 13.1. The molecule has 5 nitrogen and oxygen atoms in total. The van der Waals surface area contributed by atoms with E-state index in [1.54, 1.807) is 25.2 Å². The van der Waals surface area contributed by atoms with Gasteiger partial charge >= 0.3 is 5.97 Å². The molecule has 6 heteroatoms. The highest BCUT2D eigenvalue weighted by Crippen LogP contribution is 2.23. The monoisotopic (exact) mass is 250 g/mol. The smallest absolute Gasteiger partial charge is 0.341 e. The fourth-order valence-corrected chi connectivity index (χ4v) is 1.57. The number of ether oxygens (including phenoxy) is 1. The van der Waals surface area contributed by atoms with Gasteiger partial charge in [-0.15, -0.1) is 5.10 Å². The molecule has 0 spiro atoms. The number of carbonyl (C=O) groups is 1. The van der Waals surface area contributed by atoms with E-state index in [-0.39, 0.29) is 11.7 Å². The summed E-state index contributed by atoms with van der Waals surface area (Å²) in [6.07, 6.45) is 0. The Morgan fingerprint density at radius 3 is 2.94 bits per heavy atom. The lowest BCUT2D eigenvalue weighted by atomic mass is 10.1. The highest BCUT2D eigenvalue weighted by molar-refractivity contribution is 5.68. The molecule has 1 N–H and O–H groups in total. The maximum absolute atomic E-state index is 13.1. The van der Waals surface area contributed by atoms with Crippen molar-refractivity contribution in [2.24, 2.45) is 7.05 Å². The van der Waals surface area contributed by atoms with Gasteiger partial charge in [-0.2, -0.15) is 0 Å². The lowest BCUT2D eigenvalue weighted by Gasteiger charge is -2.00. The molecule has 1 aromatic heterocycles. The molecule has 0 aliphatic heterocycles. The van der Waals surface area contributed by atoms with E-state index in [1.165, 1.54) is 16.8 Å². The van der Waals surface area contributed by atoms with Crippen LogP contribution in [0.5, 0.6) is 5.88 Å². The first-order valence-electron chi connectivity index (χ1n) is 5.21. The van der Waals surface area contributed by atoms with Crippen LogP contribution in [0.15, 0.2) is 30.3 Å². The molecule has 0 aliphatic rings. The van der Waals surface area contributed by atoms with Crippen molar-refractivity contribution in [1.82, 2.24) is 9.78 Å². The van der Waals surface area contributed by atoms with Crippen molar-refractivity contribution in [2.45, 2.75) is 0 Å². The number of benzene rings is 1. The highest BCUT2D eigenvalue weighted by Gasteiger charge is 2.10. The second kappa shape index (κ2) is 4.87. The second-order valence-corrected chi connectivity index (χ2v) is 3.68. The molecular weight excluding hydrogens is 239 g/mol. The Bertz CT molecular complexity index is 580. The molecule has 0 saturated heterocycles. The molecule has 0 fully saturated rings. The molecule has 0 unspecified atom stereocenters. The van der Waals surface area contributed by atoms with Crippen LogP contribution < -0.4 is 4.74 Å². The van der Waals surface area contributed by atoms with E-state index in [0.717, 1.165) is 0 Å². The summed E-state index contributed by atoms with van der Waals surface area (Å²) in [5, 5.41) is 12.5. The molecule has 0 aliphatic carbocycles. The van der Waals surface area contributed by atoms with Gasteiger partial charge in [0.05, 0.1) is 5.69 Å². The Morgan fingerprint density at radius 1 is 1.50 bits per heavy atom. The fourth-order valence-electron chi connectivity index (χ4n) is 1.57. The summed E-state index contributed by atoms with van der Waals surface area (Å²) in [4.78, 5) is 10.4. The van der Waals surface area contributed by atoms with Crippen molar-refractivity contribution in [3.8, 4) is 17.1 Å². The molecule has 0 atom stereocenters. The Balaban J connectivity index is 2.26. The van der Waals surface area contributed by atoms with Crippen molar-refractivity contribution in [3.05, 3.63) is 36.1 Å². The van der Waals surface area contributed by atoms with Gasteiger partial charge in [-0.3, -0.25) is 4.68 Å². The Hall–Kier alpha value is -2.37. The average Bonchev–Trinajstić information content (AvgIpc) is 2.68. The Morgan fingerprint density at radius 2 is 2.28 bits per heavy atom. The van der Waals surface area contributed by atoms with E-state index in [0.29, 0.717) is 11.3 Å². The van der Waals surface area contributed by atoms with E-state index in [4.69, 9.17) is 9.84 Å². The third-order valence-corrected chi connectivity index (χ3v) is 2.32. The van der Waals surface area contributed by atoms with Crippen LogP contribution in [0.3, 0.4) is 0 Å². The Labute approximate surface area is 102 Å². The van der Waals surface area contributed by atoms with Gasteiger partial charge in [0, 0.05) is 18.7 Å². The molecule has 94 valence electrons. The molecule has 0 saturated carbocycles. The number of aromatic nitrogens is 2. The van der Waals surface area contributed by atoms with Gasteiger partial charge in [-0.05, 0) is 12.1 Å². The number of nitrogens with zero attached hydrogens (tertiary/aromatic N) is 2. The van der Waals surface area contributed by atoms with Crippen molar-refractivity contribution in [2.75, 3.05) is 6.61 Å². The SMILES string of the molecule is Cn1nc(OCC(=O)O)cc1-c1cccc(F)c1. The summed E-state index contributed by atoms with van der Waals surface area (Å²) >= 11 is 0. The van der Waals surface area contributed by atoms with Crippen LogP contribution in [0.1, 0.15) is 0 Å². The predicted octanol–water partition coefficient (Wildman–Crippen LogP) is 1.69. The summed E-state index contributed by atoms with van der Waals surface area (Å²) in [5.41, 5.74) is 1.30. The summed E-state index contributed by atoms with van der Waals surface area (Å²) < 4.78 is 19.6. The first-order chi connectivity index (χ1) is 8.56. The molecule has 0 amide bonds. The van der Waals surface area contributed by atoms with Crippen LogP contribution in [0.2, 0.25) is 0 Å². The number of aliphatic carboxylic acids is 1. The van der Waals surface area contributed by atoms with E-state index in [9.17, 15) is 9.18 Å². The average molecular weight is 250 g/mol. The number of halogens is 1. The zero-order valence-corrected chi connectivity index (χ0v) is 9.63. The van der Waals surface area contributed by atoms with Crippen molar-refractivity contribution in [3.63, 3.8) is 0 Å². The van der Waals surface area contributed by atoms with Gasteiger partial charge in [-0.25, -0.2) is 9.18 Å². The number of carboxylic acid groups (broad SMARTS) is 1. The number of hydrogen-bond donors (Lipinski definition) is 1. The topological polar surface area (TPSA) is 64.4 Å². The maximum atomic E-state index is 13.1. The number of aryl methyl sites for hydroxylation is 1. The predicted molar refractivity (Wildman–Crippen MR) is 61.7 cm³/mol. The number of rotatable bonds is 4. The van der Waals surface area contributed by atoms with E-state index < -0.39 is 12.6 Å². The van der Waals surface area contributed by atoms with Gasteiger partial charge in [-0.1, -0.05) is 12.1 Å². The lowest BCUT2D eigenvalue weighted by Crippen LogP contribution is -2.09. The van der Waals surface area contributed by atoms with Crippen molar-refractivity contribution < 1.29 is 19.0 Å². The normalized spacial score (nSPS) is 10.3. The van der Waals surface area contributed by atoms with Crippen LogP contribution in [0, 0.1) is 5.82 Å². The van der Waals surface area contributed by atoms with Gasteiger partial charge < -0.3 is 9.84 Å². The largest absolute Gasteiger partial charge is 0.479 e. The fraction of sp³-hybridized carbons (Fsp3) is 0.167. The van der Waals surface area contributed by atoms with E-state index in [2.05, 4.69) is 5.10 Å². The van der Waals surface area contributed by atoms with Crippen LogP contribution >= 0.6 is 0 Å². The number of carboxylic acids is 1. The van der Waals surface area contributed by atoms with Gasteiger partial charge in [0.1, 0.15) is 5.82 Å². The minimum Gasteiger partial charge on any atom is -0.479 e. The molecule has 18 heavy (non-hydrogen) atoms. The maximum Gasteiger partial charge on any atom is 0.341 e. The summed E-state index contributed by atoms with van der Waals surface area (Å²) in [6.45, 7) is -0.459. The standard InChI is InChI=1S/C12H11FN2O3/c1-15-10(8-3-2-4-9(13)5-8)6-11(14-15)18-7-12(16)17/h2-6H,7H2,1H3,(H,16,17). The van der Waals surface area contributed by atoms with Crippen molar-refractivity contribution >= 4 is 5.97 Å². The highest BCUT2D eigenvalue weighted by atomic mass is 19.1.